The van der Waals surface area contributed by atoms with E-state index in [0.29, 0.717) is 18.7 Å². The second-order valence-corrected chi connectivity index (χ2v) is 7.28. The van der Waals surface area contributed by atoms with Gasteiger partial charge in [0.2, 0.25) is 0 Å². The molecule has 0 fully saturated rings. The molecule has 32 heavy (non-hydrogen) atoms. The number of para-hydroxylation sites is 1. The van der Waals surface area contributed by atoms with Gasteiger partial charge in [-0.05, 0) is 41.5 Å². The molecule has 6 heteroatoms. The van der Waals surface area contributed by atoms with Gasteiger partial charge in [-0.3, -0.25) is 9.48 Å². The SMILES string of the molecule is O=C(OCC(=O)N(Cc1ccccc1)c1ccccc1)c1ccc(Cn2cccn2)cc1. The number of anilines is 1. The van der Waals surface area contributed by atoms with E-state index >= 15 is 0 Å². The van der Waals surface area contributed by atoms with Crippen LogP contribution in [0.5, 0.6) is 0 Å². The average Bonchev–Trinajstić information content (AvgIpc) is 3.35. The number of nitrogens with zero attached hydrogens (tertiary/aromatic N) is 3. The number of amides is 1. The topological polar surface area (TPSA) is 64.4 Å². The Kier molecular flexibility index (Phi) is 6.72. The molecule has 0 N–H and O–H groups in total. The first-order valence-electron chi connectivity index (χ1n) is 10.3. The van der Waals surface area contributed by atoms with Crippen molar-refractivity contribution in [1.82, 2.24) is 9.78 Å². The van der Waals surface area contributed by atoms with Crippen molar-refractivity contribution in [1.29, 1.82) is 0 Å². The fourth-order valence-corrected chi connectivity index (χ4v) is 3.31. The minimum absolute atomic E-state index is 0.288. The summed E-state index contributed by atoms with van der Waals surface area (Å²) in [4.78, 5) is 27.1. The van der Waals surface area contributed by atoms with Crippen LogP contribution >= 0.6 is 0 Å². The third-order valence-electron chi connectivity index (χ3n) is 4.97. The van der Waals surface area contributed by atoms with Gasteiger partial charge in [-0.1, -0.05) is 60.7 Å². The van der Waals surface area contributed by atoms with Gasteiger partial charge >= 0.3 is 5.97 Å². The molecule has 0 atom stereocenters. The quantitative estimate of drug-likeness (QED) is 0.395. The van der Waals surface area contributed by atoms with Crippen LogP contribution in [0.15, 0.2) is 103 Å². The van der Waals surface area contributed by atoms with Crippen LogP contribution in [0.4, 0.5) is 5.69 Å². The van der Waals surface area contributed by atoms with Gasteiger partial charge in [0, 0.05) is 18.1 Å². The van der Waals surface area contributed by atoms with E-state index in [1.807, 2.05) is 85.1 Å². The fraction of sp³-hybridized carbons (Fsp3) is 0.115. The maximum Gasteiger partial charge on any atom is 0.338 e. The summed E-state index contributed by atoms with van der Waals surface area (Å²) in [7, 11) is 0. The van der Waals surface area contributed by atoms with Crippen molar-refractivity contribution in [2.75, 3.05) is 11.5 Å². The standard InChI is InChI=1S/C26H23N3O3/c30-25(29(24-10-5-2-6-11-24)19-21-8-3-1-4-9-21)20-32-26(31)23-14-12-22(13-15-23)18-28-17-7-16-27-28/h1-17H,18-20H2. The first kappa shape index (κ1) is 21.1. The number of esters is 1. The number of rotatable bonds is 8. The second-order valence-electron chi connectivity index (χ2n) is 7.28. The van der Waals surface area contributed by atoms with Crippen LogP contribution in [0, 0.1) is 0 Å². The maximum absolute atomic E-state index is 13.0. The molecule has 160 valence electrons. The Labute approximate surface area is 186 Å². The first-order chi connectivity index (χ1) is 15.7. The van der Waals surface area contributed by atoms with E-state index in [1.54, 1.807) is 27.9 Å². The molecule has 3 aromatic carbocycles. The molecular weight excluding hydrogens is 402 g/mol. The highest BCUT2D eigenvalue weighted by Gasteiger charge is 2.18. The van der Waals surface area contributed by atoms with Crippen LogP contribution in [-0.4, -0.2) is 28.3 Å². The molecule has 0 radical (unpaired) electrons. The lowest BCUT2D eigenvalue weighted by atomic mass is 10.1. The lowest BCUT2D eigenvalue weighted by Gasteiger charge is -2.23. The van der Waals surface area contributed by atoms with E-state index in [2.05, 4.69) is 5.10 Å². The monoisotopic (exact) mass is 425 g/mol. The van der Waals surface area contributed by atoms with Gasteiger partial charge in [-0.2, -0.15) is 5.10 Å². The molecule has 1 aromatic heterocycles. The number of ether oxygens (including phenoxy) is 1. The van der Waals surface area contributed by atoms with E-state index in [0.717, 1.165) is 16.8 Å². The molecule has 1 heterocycles. The highest BCUT2D eigenvalue weighted by Crippen LogP contribution is 2.17. The lowest BCUT2D eigenvalue weighted by Crippen LogP contribution is -2.34. The van der Waals surface area contributed by atoms with E-state index in [-0.39, 0.29) is 12.5 Å². The van der Waals surface area contributed by atoms with Gasteiger partial charge in [0.1, 0.15) is 0 Å². The molecule has 1 amide bonds. The minimum atomic E-state index is -0.531. The van der Waals surface area contributed by atoms with Crippen LogP contribution < -0.4 is 4.90 Å². The Morgan fingerprint density at radius 3 is 2.16 bits per heavy atom. The van der Waals surface area contributed by atoms with E-state index in [4.69, 9.17) is 4.74 Å². The fourth-order valence-electron chi connectivity index (χ4n) is 3.31. The molecule has 0 unspecified atom stereocenters. The summed E-state index contributed by atoms with van der Waals surface area (Å²) in [6.07, 6.45) is 3.60. The molecule has 0 aliphatic heterocycles. The van der Waals surface area contributed by atoms with E-state index in [1.165, 1.54) is 0 Å². The van der Waals surface area contributed by atoms with Gasteiger partial charge in [0.25, 0.3) is 5.91 Å². The number of carbonyl (C=O) groups is 2. The number of hydrogen-bond acceptors (Lipinski definition) is 4. The van der Waals surface area contributed by atoms with Crippen molar-refractivity contribution in [2.45, 2.75) is 13.1 Å². The minimum Gasteiger partial charge on any atom is -0.452 e. The van der Waals surface area contributed by atoms with Crippen molar-refractivity contribution in [2.24, 2.45) is 0 Å². The molecule has 0 aliphatic carbocycles. The number of benzene rings is 3. The van der Waals surface area contributed by atoms with Crippen LogP contribution in [0.2, 0.25) is 0 Å². The highest BCUT2D eigenvalue weighted by molar-refractivity contribution is 5.97. The molecular formula is C26H23N3O3. The molecule has 0 saturated heterocycles. The summed E-state index contributed by atoms with van der Waals surface area (Å²) in [5, 5.41) is 4.17. The van der Waals surface area contributed by atoms with Crippen molar-refractivity contribution >= 4 is 17.6 Å². The Morgan fingerprint density at radius 1 is 0.812 bits per heavy atom. The number of carbonyl (C=O) groups excluding carboxylic acids is 2. The maximum atomic E-state index is 13.0. The van der Waals surface area contributed by atoms with Crippen LogP contribution in [0.25, 0.3) is 0 Å². The predicted octanol–water partition coefficient (Wildman–Crippen LogP) is 4.32. The molecule has 4 aromatic rings. The summed E-state index contributed by atoms with van der Waals surface area (Å²) >= 11 is 0. The molecule has 4 rings (SSSR count). The smallest absolute Gasteiger partial charge is 0.338 e. The predicted molar refractivity (Wildman–Crippen MR) is 122 cm³/mol. The Balaban J connectivity index is 1.39. The van der Waals surface area contributed by atoms with Gasteiger partial charge in [0.05, 0.1) is 18.7 Å². The van der Waals surface area contributed by atoms with Crippen molar-refractivity contribution in [3.05, 3.63) is 120 Å². The Bertz CT molecular complexity index is 1140. The zero-order valence-corrected chi connectivity index (χ0v) is 17.5. The summed E-state index contributed by atoms with van der Waals surface area (Å²) in [5.41, 5.74) is 3.15. The zero-order valence-electron chi connectivity index (χ0n) is 17.5. The summed E-state index contributed by atoms with van der Waals surface area (Å²) in [6, 6.07) is 28.0. The van der Waals surface area contributed by atoms with Gasteiger partial charge in [0.15, 0.2) is 6.61 Å². The summed E-state index contributed by atoms with van der Waals surface area (Å²) < 4.78 is 7.13. The summed E-state index contributed by atoms with van der Waals surface area (Å²) in [5.74, 6) is -0.819. The molecule has 0 aliphatic rings. The van der Waals surface area contributed by atoms with Crippen LogP contribution in [0.1, 0.15) is 21.5 Å². The molecule has 6 nitrogen and oxygen atoms in total. The lowest BCUT2D eigenvalue weighted by molar-refractivity contribution is -0.121. The van der Waals surface area contributed by atoms with Crippen molar-refractivity contribution < 1.29 is 14.3 Å². The Morgan fingerprint density at radius 2 is 1.50 bits per heavy atom. The van der Waals surface area contributed by atoms with Gasteiger partial charge in [-0.25, -0.2) is 4.79 Å². The first-order valence-corrected chi connectivity index (χ1v) is 10.3. The van der Waals surface area contributed by atoms with Crippen LogP contribution in [0.3, 0.4) is 0 Å². The van der Waals surface area contributed by atoms with E-state index < -0.39 is 5.97 Å². The van der Waals surface area contributed by atoms with Crippen LogP contribution in [-0.2, 0) is 22.6 Å². The largest absolute Gasteiger partial charge is 0.452 e. The third kappa shape index (κ3) is 5.49. The molecule has 0 spiro atoms. The van der Waals surface area contributed by atoms with Crippen molar-refractivity contribution in [3.63, 3.8) is 0 Å². The van der Waals surface area contributed by atoms with E-state index in [9.17, 15) is 9.59 Å². The molecule has 0 bridgehead atoms. The second kappa shape index (κ2) is 10.2. The Hall–Kier alpha value is -4.19. The number of hydrogen-bond donors (Lipinski definition) is 0. The zero-order chi connectivity index (χ0) is 22.2. The highest BCUT2D eigenvalue weighted by atomic mass is 16.5. The van der Waals surface area contributed by atoms with Gasteiger partial charge < -0.3 is 9.64 Å². The summed E-state index contributed by atoms with van der Waals surface area (Å²) in [6.45, 7) is 0.672. The van der Waals surface area contributed by atoms with Crippen molar-refractivity contribution in [3.8, 4) is 0 Å². The third-order valence-corrected chi connectivity index (χ3v) is 4.97. The molecule has 0 saturated carbocycles. The average molecular weight is 425 g/mol. The number of aromatic nitrogens is 2. The van der Waals surface area contributed by atoms with Gasteiger partial charge in [-0.15, -0.1) is 0 Å². The normalized spacial score (nSPS) is 10.5.